The predicted molar refractivity (Wildman–Crippen MR) is 62.9 cm³/mol. The van der Waals surface area contributed by atoms with Crippen molar-refractivity contribution >= 4 is 17.4 Å². The van der Waals surface area contributed by atoms with E-state index in [9.17, 15) is 4.79 Å². The number of nitrogen functional groups attached to an aromatic ring is 1. The molecule has 86 valence electrons. The van der Waals surface area contributed by atoms with Crippen LogP contribution in [0.3, 0.4) is 0 Å². The van der Waals surface area contributed by atoms with E-state index in [1.165, 1.54) is 0 Å². The van der Waals surface area contributed by atoms with Crippen molar-refractivity contribution in [2.24, 2.45) is 11.7 Å². The fraction of sp³-hybridized carbons (Fsp3) is 0.455. The van der Waals surface area contributed by atoms with Gasteiger partial charge in [-0.2, -0.15) is 0 Å². The molecule has 0 spiro atoms. The molecule has 0 aromatic carbocycles. The monoisotopic (exact) mass is 220 g/mol. The molecule has 1 aromatic heterocycles. The molecule has 1 amide bonds. The first kappa shape index (κ1) is 10.7. The zero-order chi connectivity index (χ0) is 11.7. The average Bonchev–Trinajstić information content (AvgIpc) is 2.66. The second-order valence-electron chi connectivity index (χ2n) is 4.24. The van der Waals surface area contributed by atoms with Gasteiger partial charge in [0.2, 0.25) is 5.91 Å². The Morgan fingerprint density at radius 2 is 2.38 bits per heavy atom. The number of aryl methyl sites for hydroxylation is 1. The van der Waals surface area contributed by atoms with Gasteiger partial charge in [0.05, 0.1) is 17.8 Å². The first-order chi connectivity index (χ1) is 7.58. The topological polar surface area (TPSA) is 85.2 Å². The summed E-state index contributed by atoms with van der Waals surface area (Å²) in [6.07, 6.45) is 2.45. The number of carbonyl (C=O) groups is 1. The van der Waals surface area contributed by atoms with E-state index >= 15 is 0 Å². The molecule has 1 fully saturated rings. The maximum atomic E-state index is 11.1. The van der Waals surface area contributed by atoms with Crippen LogP contribution in [0.15, 0.2) is 12.3 Å². The lowest BCUT2D eigenvalue weighted by Crippen LogP contribution is -2.28. The van der Waals surface area contributed by atoms with E-state index in [0.717, 1.165) is 24.3 Å². The van der Waals surface area contributed by atoms with Crippen LogP contribution >= 0.6 is 0 Å². The first-order valence-electron chi connectivity index (χ1n) is 5.34. The number of hydrogen-bond donors (Lipinski definition) is 2. The molecule has 1 aliphatic rings. The summed E-state index contributed by atoms with van der Waals surface area (Å²) < 4.78 is 0. The minimum absolute atomic E-state index is 0.0567. The van der Waals surface area contributed by atoms with Crippen LogP contribution in [-0.2, 0) is 4.79 Å². The molecule has 5 heteroatoms. The van der Waals surface area contributed by atoms with Crippen molar-refractivity contribution in [2.75, 3.05) is 23.7 Å². The summed E-state index contributed by atoms with van der Waals surface area (Å²) in [5.41, 5.74) is 12.6. The molecule has 16 heavy (non-hydrogen) atoms. The number of amides is 1. The van der Waals surface area contributed by atoms with Crippen molar-refractivity contribution in [1.82, 2.24) is 4.98 Å². The molecule has 1 saturated heterocycles. The molecule has 0 bridgehead atoms. The molecule has 1 unspecified atom stereocenters. The standard InChI is InChI=1S/C11H16N4O/c1-7-4-9(12)5-14-11(7)15-3-2-8(6-15)10(13)16/h4-5,8H,2-3,6,12H2,1H3,(H2,13,16). The molecule has 0 saturated carbocycles. The van der Waals surface area contributed by atoms with Gasteiger partial charge in [-0.15, -0.1) is 0 Å². The molecular weight excluding hydrogens is 204 g/mol. The van der Waals surface area contributed by atoms with Gasteiger partial charge in [0.1, 0.15) is 5.82 Å². The van der Waals surface area contributed by atoms with Gasteiger partial charge in [-0.3, -0.25) is 4.79 Å². The summed E-state index contributed by atoms with van der Waals surface area (Å²) >= 11 is 0. The largest absolute Gasteiger partial charge is 0.397 e. The third kappa shape index (κ3) is 1.93. The lowest BCUT2D eigenvalue weighted by Gasteiger charge is -2.19. The van der Waals surface area contributed by atoms with Gasteiger partial charge in [0.15, 0.2) is 0 Å². The van der Waals surface area contributed by atoms with Crippen LogP contribution in [0.4, 0.5) is 11.5 Å². The van der Waals surface area contributed by atoms with Gasteiger partial charge in [-0.25, -0.2) is 4.98 Å². The fourth-order valence-electron chi connectivity index (χ4n) is 2.11. The Morgan fingerprint density at radius 1 is 1.62 bits per heavy atom. The van der Waals surface area contributed by atoms with Crippen LogP contribution in [0.2, 0.25) is 0 Å². The number of anilines is 2. The minimum Gasteiger partial charge on any atom is -0.397 e. The number of rotatable bonds is 2. The Bertz CT molecular complexity index is 418. The van der Waals surface area contributed by atoms with Gasteiger partial charge in [0.25, 0.3) is 0 Å². The van der Waals surface area contributed by atoms with Crippen molar-refractivity contribution in [1.29, 1.82) is 0 Å². The maximum absolute atomic E-state index is 11.1. The zero-order valence-corrected chi connectivity index (χ0v) is 9.31. The Morgan fingerprint density at radius 3 is 2.94 bits per heavy atom. The zero-order valence-electron chi connectivity index (χ0n) is 9.31. The Balaban J connectivity index is 2.17. The molecule has 2 heterocycles. The van der Waals surface area contributed by atoms with Crippen molar-refractivity contribution in [3.05, 3.63) is 17.8 Å². The molecule has 5 nitrogen and oxygen atoms in total. The predicted octanol–water partition coefficient (Wildman–Crippen LogP) is 0.284. The van der Waals surface area contributed by atoms with E-state index in [1.54, 1.807) is 6.20 Å². The second kappa shape index (κ2) is 4.00. The molecular formula is C11H16N4O. The number of carbonyl (C=O) groups excluding carboxylic acids is 1. The second-order valence-corrected chi connectivity index (χ2v) is 4.24. The summed E-state index contributed by atoms with van der Waals surface area (Å²) in [6.45, 7) is 3.45. The lowest BCUT2D eigenvalue weighted by molar-refractivity contribution is -0.121. The number of pyridine rings is 1. The quantitative estimate of drug-likeness (QED) is 0.749. The van der Waals surface area contributed by atoms with Crippen molar-refractivity contribution in [2.45, 2.75) is 13.3 Å². The molecule has 2 rings (SSSR count). The number of aromatic nitrogens is 1. The van der Waals surface area contributed by atoms with Crippen LogP contribution in [0.5, 0.6) is 0 Å². The van der Waals surface area contributed by atoms with Crippen LogP contribution in [0.25, 0.3) is 0 Å². The van der Waals surface area contributed by atoms with Gasteiger partial charge in [-0.05, 0) is 25.0 Å². The van der Waals surface area contributed by atoms with E-state index in [4.69, 9.17) is 11.5 Å². The van der Waals surface area contributed by atoms with Crippen LogP contribution < -0.4 is 16.4 Å². The van der Waals surface area contributed by atoms with Crippen LogP contribution in [0.1, 0.15) is 12.0 Å². The Labute approximate surface area is 94.4 Å². The number of nitrogens with two attached hydrogens (primary N) is 2. The van der Waals surface area contributed by atoms with Crippen molar-refractivity contribution in [3.8, 4) is 0 Å². The SMILES string of the molecule is Cc1cc(N)cnc1N1CCC(C(N)=O)C1. The number of primary amides is 1. The summed E-state index contributed by atoms with van der Waals surface area (Å²) in [7, 11) is 0. The minimum atomic E-state index is -0.226. The number of hydrogen-bond acceptors (Lipinski definition) is 4. The Kier molecular flexibility index (Phi) is 2.68. The molecule has 1 atom stereocenters. The maximum Gasteiger partial charge on any atom is 0.222 e. The normalized spacial score (nSPS) is 20.1. The lowest BCUT2D eigenvalue weighted by atomic mass is 10.1. The molecule has 0 radical (unpaired) electrons. The summed E-state index contributed by atoms with van der Waals surface area (Å²) in [5.74, 6) is 0.618. The third-order valence-electron chi connectivity index (χ3n) is 2.96. The van der Waals surface area contributed by atoms with E-state index in [1.807, 2.05) is 13.0 Å². The van der Waals surface area contributed by atoms with Crippen molar-refractivity contribution < 1.29 is 4.79 Å². The average molecular weight is 220 g/mol. The highest BCUT2D eigenvalue weighted by Gasteiger charge is 2.27. The Hall–Kier alpha value is -1.78. The summed E-state index contributed by atoms with van der Waals surface area (Å²) in [4.78, 5) is 17.5. The van der Waals surface area contributed by atoms with E-state index in [2.05, 4.69) is 9.88 Å². The summed E-state index contributed by atoms with van der Waals surface area (Å²) in [6, 6.07) is 1.89. The molecule has 1 aliphatic heterocycles. The van der Waals surface area contributed by atoms with Crippen molar-refractivity contribution in [3.63, 3.8) is 0 Å². The third-order valence-corrected chi connectivity index (χ3v) is 2.96. The molecule has 4 N–H and O–H groups in total. The highest BCUT2D eigenvalue weighted by Crippen LogP contribution is 2.25. The van der Waals surface area contributed by atoms with E-state index < -0.39 is 0 Å². The van der Waals surface area contributed by atoms with Crippen LogP contribution in [0, 0.1) is 12.8 Å². The smallest absolute Gasteiger partial charge is 0.222 e. The van der Waals surface area contributed by atoms with Gasteiger partial charge >= 0.3 is 0 Å². The molecule has 0 aliphatic carbocycles. The highest BCUT2D eigenvalue weighted by atomic mass is 16.1. The van der Waals surface area contributed by atoms with E-state index in [0.29, 0.717) is 12.2 Å². The van der Waals surface area contributed by atoms with Crippen LogP contribution in [-0.4, -0.2) is 24.0 Å². The first-order valence-corrected chi connectivity index (χ1v) is 5.34. The summed E-state index contributed by atoms with van der Waals surface area (Å²) in [5, 5.41) is 0. The van der Waals surface area contributed by atoms with E-state index in [-0.39, 0.29) is 11.8 Å². The van der Waals surface area contributed by atoms with Gasteiger partial charge in [-0.1, -0.05) is 0 Å². The fourth-order valence-corrected chi connectivity index (χ4v) is 2.11. The number of nitrogens with zero attached hydrogens (tertiary/aromatic N) is 2. The van der Waals surface area contributed by atoms with Gasteiger partial charge < -0.3 is 16.4 Å². The molecule has 1 aromatic rings. The van der Waals surface area contributed by atoms with Gasteiger partial charge in [0, 0.05) is 13.1 Å². The highest BCUT2D eigenvalue weighted by molar-refractivity contribution is 5.78.